The van der Waals surface area contributed by atoms with Crippen molar-refractivity contribution in [2.45, 2.75) is 37.5 Å². The number of aliphatic imine (C=N–C) groups is 2. The van der Waals surface area contributed by atoms with Crippen LogP contribution in [0.2, 0.25) is 0 Å². The van der Waals surface area contributed by atoms with Crippen LogP contribution in [0, 0.1) is 40.6 Å². The SMILES string of the molecule is [C-]#[N+]C(C#N)=Nc1cc2c(s1)-c1sc3c(sc4cc(N=C(C#N)C#N)sc43)c1C21CCCCC1. The lowest BCUT2D eigenvalue weighted by molar-refractivity contribution is 0.356. The van der Waals surface area contributed by atoms with Gasteiger partial charge >= 0.3 is 5.84 Å². The smallest absolute Gasteiger partial charge is 0.350 e. The molecule has 4 aromatic rings. The summed E-state index contributed by atoms with van der Waals surface area (Å²) in [6, 6.07) is 9.64. The molecule has 6 nitrogen and oxygen atoms in total. The molecule has 2 aliphatic rings. The first-order valence-electron chi connectivity index (χ1n) is 10.5. The Labute approximate surface area is 210 Å². The summed E-state index contributed by atoms with van der Waals surface area (Å²) >= 11 is 6.69. The zero-order chi connectivity index (χ0) is 23.4. The Morgan fingerprint density at radius 3 is 2.32 bits per heavy atom. The molecule has 0 saturated heterocycles. The second kappa shape index (κ2) is 7.84. The fourth-order valence-corrected chi connectivity index (χ4v) is 10.8. The molecule has 10 heteroatoms. The van der Waals surface area contributed by atoms with E-state index in [-0.39, 0.29) is 17.0 Å². The number of thiophene rings is 4. The fourth-order valence-electron chi connectivity index (χ4n) is 5.15. The van der Waals surface area contributed by atoms with E-state index in [2.05, 4.69) is 20.9 Å². The molecule has 0 atom stereocenters. The molecule has 0 N–H and O–H groups in total. The summed E-state index contributed by atoms with van der Waals surface area (Å²) in [6.45, 7) is 7.17. The number of hydrogen-bond donors (Lipinski definition) is 0. The molecule has 4 aromatic heterocycles. The molecule has 1 spiro atoms. The van der Waals surface area contributed by atoms with Gasteiger partial charge in [0.1, 0.15) is 23.2 Å². The van der Waals surface area contributed by atoms with Crippen LogP contribution >= 0.6 is 45.3 Å². The summed E-state index contributed by atoms with van der Waals surface area (Å²) < 4.78 is 4.90. The van der Waals surface area contributed by atoms with Crippen molar-refractivity contribution in [2.24, 2.45) is 9.98 Å². The number of amidine groups is 1. The van der Waals surface area contributed by atoms with Gasteiger partial charge in [-0.3, -0.25) is 0 Å². The lowest BCUT2D eigenvalue weighted by Gasteiger charge is -2.34. The molecular weight excluding hydrogens is 501 g/mol. The molecule has 2 aliphatic carbocycles. The standard InChI is InChI=1S/C24H12N6S4/c1-28-15(11-27)30-16-7-13-19(32-16)21-18(24(13)5-3-2-4-6-24)22-23(34-21)20-14(31-22)8-17(33-20)29-12(9-25)10-26/h7-8H,2-6H2. The van der Waals surface area contributed by atoms with Crippen LogP contribution in [-0.2, 0) is 5.41 Å². The van der Waals surface area contributed by atoms with Gasteiger partial charge in [0.15, 0.2) is 0 Å². The van der Waals surface area contributed by atoms with Crippen LogP contribution in [0.3, 0.4) is 0 Å². The quantitative estimate of drug-likeness (QED) is 0.154. The van der Waals surface area contributed by atoms with E-state index < -0.39 is 0 Å². The Morgan fingerprint density at radius 1 is 0.853 bits per heavy atom. The highest BCUT2D eigenvalue weighted by atomic mass is 32.1. The largest absolute Gasteiger partial charge is 0.351 e. The third kappa shape index (κ3) is 2.91. The maximum Gasteiger partial charge on any atom is 0.350 e. The molecule has 34 heavy (non-hydrogen) atoms. The maximum atomic E-state index is 9.16. The Kier molecular flexibility index (Phi) is 4.88. The molecule has 0 amide bonds. The van der Waals surface area contributed by atoms with Gasteiger partial charge in [-0.1, -0.05) is 42.2 Å². The van der Waals surface area contributed by atoms with Crippen LogP contribution in [0.4, 0.5) is 10.0 Å². The minimum Gasteiger partial charge on any atom is -0.351 e. The second-order valence-corrected chi connectivity index (χ2v) is 12.3. The molecule has 0 unspecified atom stereocenters. The molecule has 0 radical (unpaired) electrons. The molecule has 0 aliphatic heterocycles. The van der Waals surface area contributed by atoms with E-state index in [0.717, 1.165) is 27.2 Å². The summed E-state index contributed by atoms with van der Waals surface area (Å²) in [7, 11) is 0. The van der Waals surface area contributed by atoms with Crippen LogP contribution < -0.4 is 0 Å². The maximum absolute atomic E-state index is 9.16. The predicted octanol–water partition coefficient (Wildman–Crippen LogP) is 8.06. The monoisotopic (exact) mass is 512 g/mol. The predicted molar refractivity (Wildman–Crippen MR) is 140 cm³/mol. The van der Waals surface area contributed by atoms with Crippen LogP contribution in [0.25, 0.3) is 33.4 Å². The first-order valence-corrected chi connectivity index (χ1v) is 13.8. The van der Waals surface area contributed by atoms with Crippen molar-refractivity contribution in [3.8, 4) is 28.0 Å². The van der Waals surface area contributed by atoms with Gasteiger partial charge in [0, 0.05) is 21.7 Å². The van der Waals surface area contributed by atoms with Gasteiger partial charge in [-0.15, -0.1) is 34.0 Å². The van der Waals surface area contributed by atoms with E-state index in [1.165, 1.54) is 60.9 Å². The highest BCUT2D eigenvalue weighted by Crippen LogP contribution is 2.65. The van der Waals surface area contributed by atoms with E-state index in [9.17, 15) is 0 Å². The molecule has 0 aromatic carbocycles. The second-order valence-electron chi connectivity index (χ2n) is 8.16. The highest BCUT2D eigenvalue weighted by Gasteiger charge is 2.48. The number of fused-ring (bicyclic) bond motifs is 9. The third-order valence-corrected chi connectivity index (χ3v) is 11.4. The number of nitrogens with zero attached hydrogens (tertiary/aromatic N) is 6. The first-order chi connectivity index (χ1) is 16.6. The Hall–Kier alpha value is -3.38. The zero-order valence-corrected chi connectivity index (χ0v) is 20.8. The van der Waals surface area contributed by atoms with Crippen molar-refractivity contribution >= 4 is 85.7 Å². The van der Waals surface area contributed by atoms with Gasteiger partial charge < -0.3 is 4.85 Å². The van der Waals surface area contributed by atoms with Crippen LogP contribution in [0.15, 0.2) is 22.1 Å². The highest BCUT2D eigenvalue weighted by molar-refractivity contribution is 7.41. The Bertz CT molecular complexity index is 1710. The normalized spacial score (nSPS) is 15.9. The fraction of sp³-hybridized carbons (Fsp3) is 0.250. The Morgan fingerprint density at radius 2 is 1.62 bits per heavy atom. The molecule has 162 valence electrons. The van der Waals surface area contributed by atoms with Crippen molar-refractivity contribution in [1.29, 1.82) is 15.8 Å². The van der Waals surface area contributed by atoms with E-state index in [4.69, 9.17) is 22.4 Å². The lowest BCUT2D eigenvalue weighted by Crippen LogP contribution is -2.27. The molecule has 1 saturated carbocycles. The summed E-state index contributed by atoms with van der Waals surface area (Å²) in [5.74, 6) is -0.132. The minimum absolute atomic E-state index is 0.0287. The summed E-state index contributed by atoms with van der Waals surface area (Å²) in [4.78, 5) is 14.3. The molecule has 1 fully saturated rings. The minimum atomic E-state index is -0.132. The summed E-state index contributed by atoms with van der Waals surface area (Å²) in [6.07, 6.45) is 5.80. The topological polar surface area (TPSA) is 100 Å². The summed E-state index contributed by atoms with van der Waals surface area (Å²) in [5.41, 5.74) is 2.60. The van der Waals surface area contributed by atoms with Gasteiger partial charge in [-0.25, -0.2) is 10.3 Å². The van der Waals surface area contributed by atoms with Crippen molar-refractivity contribution in [3.05, 3.63) is 34.7 Å². The van der Waals surface area contributed by atoms with Crippen LogP contribution in [0.5, 0.6) is 0 Å². The lowest BCUT2D eigenvalue weighted by atomic mass is 9.68. The Balaban J connectivity index is 1.57. The first kappa shape index (κ1) is 21.2. The molecule has 6 rings (SSSR count). The molecule has 0 bridgehead atoms. The van der Waals surface area contributed by atoms with E-state index >= 15 is 0 Å². The number of rotatable bonds is 2. The number of hydrogen-bond acceptors (Lipinski definition) is 9. The average molecular weight is 513 g/mol. The van der Waals surface area contributed by atoms with Gasteiger partial charge in [0.05, 0.1) is 23.9 Å². The van der Waals surface area contributed by atoms with E-state index in [0.29, 0.717) is 5.00 Å². The molecule has 4 heterocycles. The van der Waals surface area contributed by atoms with Crippen molar-refractivity contribution < 1.29 is 0 Å². The van der Waals surface area contributed by atoms with Crippen LogP contribution in [-0.4, -0.2) is 11.5 Å². The van der Waals surface area contributed by atoms with E-state index in [1.807, 2.05) is 24.3 Å². The average Bonchev–Trinajstić information content (AvgIpc) is 3.63. The van der Waals surface area contributed by atoms with Crippen molar-refractivity contribution in [3.63, 3.8) is 0 Å². The van der Waals surface area contributed by atoms with Gasteiger partial charge in [-0.05, 0) is 24.5 Å². The van der Waals surface area contributed by atoms with E-state index in [1.54, 1.807) is 34.0 Å². The third-order valence-electron chi connectivity index (χ3n) is 6.45. The molecular formula is C24H12N6S4. The van der Waals surface area contributed by atoms with Gasteiger partial charge in [0.2, 0.25) is 10.7 Å². The van der Waals surface area contributed by atoms with Gasteiger partial charge in [-0.2, -0.15) is 10.5 Å². The van der Waals surface area contributed by atoms with Crippen molar-refractivity contribution in [2.75, 3.05) is 0 Å². The van der Waals surface area contributed by atoms with Crippen molar-refractivity contribution in [1.82, 2.24) is 0 Å². The zero-order valence-electron chi connectivity index (χ0n) is 17.5. The number of nitriles is 3. The summed E-state index contributed by atoms with van der Waals surface area (Å²) in [5, 5.41) is 28.7. The van der Waals surface area contributed by atoms with Gasteiger partial charge in [0.25, 0.3) is 0 Å². The van der Waals surface area contributed by atoms with Crippen LogP contribution in [0.1, 0.15) is 43.2 Å².